The van der Waals surface area contributed by atoms with Gasteiger partial charge in [0.05, 0.1) is 12.2 Å². The molecule has 21 heavy (non-hydrogen) atoms. The van der Waals surface area contributed by atoms with Crippen LogP contribution in [0.25, 0.3) is 0 Å². The zero-order valence-electron chi connectivity index (χ0n) is 11.7. The lowest BCUT2D eigenvalue weighted by atomic mass is 10.1. The number of carboxylic acid groups (broad SMARTS) is 1. The summed E-state index contributed by atoms with van der Waals surface area (Å²) in [5, 5.41) is 11.6. The van der Waals surface area contributed by atoms with Gasteiger partial charge in [0.15, 0.2) is 0 Å². The number of anilines is 1. The minimum absolute atomic E-state index is 0.0807. The molecule has 2 aliphatic rings. The molecular formula is C15H18N2O4. The molecule has 1 aliphatic carbocycles. The van der Waals surface area contributed by atoms with Crippen LogP contribution in [0.1, 0.15) is 23.2 Å². The number of nitrogens with zero attached hydrogens (tertiary/aromatic N) is 1. The first kappa shape index (κ1) is 13.7. The number of carbonyl (C=O) groups excluding carboxylic acids is 1. The normalized spacial score (nSPS) is 17.7. The summed E-state index contributed by atoms with van der Waals surface area (Å²) < 4.78 is 5.65. The Bertz CT molecular complexity index is 569. The fraction of sp³-hybridized carbons (Fsp3) is 0.467. The van der Waals surface area contributed by atoms with E-state index in [0.29, 0.717) is 36.1 Å². The summed E-state index contributed by atoms with van der Waals surface area (Å²) in [6, 6.07) is 5.22. The van der Waals surface area contributed by atoms with Gasteiger partial charge in [-0.25, -0.2) is 0 Å². The van der Waals surface area contributed by atoms with E-state index in [4.69, 9.17) is 9.84 Å². The highest BCUT2D eigenvalue weighted by Crippen LogP contribution is 2.34. The summed E-state index contributed by atoms with van der Waals surface area (Å²) in [6.07, 6.45) is 2.35. The van der Waals surface area contributed by atoms with Gasteiger partial charge in [-0.2, -0.15) is 0 Å². The molecule has 0 spiro atoms. The Hall–Kier alpha value is -2.24. The van der Waals surface area contributed by atoms with Crippen LogP contribution in [-0.4, -0.2) is 48.1 Å². The first-order valence-electron chi connectivity index (χ1n) is 7.16. The lowest BCUT2D eigenvalue weighted by Gasteiger charge is -2.20. The molecule has 0 unspecified atom stereocenters. The molecule has 0 atom stereocenters. The van der Waals surface area contributed by atoms with Crippen molar-refractivity contribution in [2.24, 2.45) is 5.92 Å². The fourth-order valence-corrected chi connectivity index (χ4v) is 2.50. The van der Waals surface area contributed by atoms with Crippen molar-refractivity contribution in [2.75, 3.05) is 31.6 Å². The summed E-state index contributed by atoms with van der Waals surface area (Å²) in [5.74, 6) is 0.0793. The number of aliphatic carboxylic acids is 1. The van der Waals surface area contributed by atoms with Crippen LogP contribution in [0.4, 0.5) is 5.69 Å². The van der Waals surface area contributed by atoms with E-state index in [0.717, 1.165) is 6.54 Å². The largest absolute Gasteiger partial charge is 0.491 e. The van der Waals surface area contributed by atoms with E-state index in [1.165, 1.54) is 12.8 Å². The van der Waals surface area contributed by atoms with Gasteiger partial charge in [0.1, 0.15) is 24.5 Å². The van der Waals surface area contributed by atoms with Crippen LogP contribution < -0.4 is 10.1 Å². The second-order valence-electron chi connectivity index (χ2n) is 5.47. The number of hydrogen-bond donors (Lipinski definition) is 2. The second-order valence-corrected chi connectivity index (χ2v) is 5.47. The van der Waals surface area contributed by atoms with E-state index >= 15 is 0 Å². The summed E-state index contributed by atoms with van der Waals surface area (Å²) in [5.41, 5.74) is 0.958. The monoisotopic (exact) mass is 290 g/mol. The number of carboxylic acids is 1. The molecule has 1 aliphatic heterocycles. The zero-order valence-corrected chi connectivity index (χ0v) is 11.7. The molecule has 112 valence electrons. The summed E-state index contributed by atoms with van der Waals surface area (Å²) in [6.45, 7) is 1.57. The van der Waals surface area contributed by atoms with E-state index in [1.807, 2.05) is 4.90 Å². The van der Waals surface area contributed by atoms with Crippen LogP contribution in [0.3, 0.4) is 0 Å². The SMILES string of the molecule is O=C(O)CNc1cccc2c1C(=O)N(CC1CC1)CCO2. The highest BCUT2D eigenvalue weighted by atomic mass is 16.5. The van der Waals surface area contributed by atoms with Gasteiger partial charge >= 0.3 is 5.97 Å². The van der Waals surface area contributed by atoms with Crippen LogP contribution in [0.5, 0.6) is 5.75 Å². The third-order valence-corrected chi connectivity index (χ3v) is 3.75. The van der Waals surface area contributed by atoms with Crippen LogP contribution in [0.15, 0.2) is 18.2 Å². The molecule has 6 heteroatoms. The quantitative estimate of drug-likeness (QED) is 0.857. The average Bonchev–Trinajstić information content (AvgIpc) is 3.27. The van der Waals surface area contributed by atoms with Crippen LogP contribution in [-0.2, 0) is 4.79 Å². The fourth-order valence-electron chi connectivity index (χ4n) is 2.50. The van der Waals surface area contributed by atoms with Crippen molar-refractivity contribution in [3.8, 4) is 5.75 Å². The number of ether oxygens (including phenoxy) is 1. The van der Waals surface area contributed by atoms with Gasteiger partial charge in [-0.05, 0) is 30.9 Å². The smallest absolute Gasteiger partial charge is 0.322 e. The van der Waals surface area contributed by atoms with Crippen molar-refractivity contribution in [2.45, 2.75) is 12.8 Å². The van der Waals surface area contributed by atoms with Crippen molar-refractivity contribution in [1.82, 2.24) is 4.90 Å². The molecular weight excluding hydrogens is 272 g/mol. The Balaban J connectivity index is 1.87. The van der Waals surface area contributed by atoms with Crippen LogP contribution in [0, 0.1) is 5.92 Å². The lowest BCUT2D eigenvalue weighted by molar-refractivity contribution is -0.134. The zero-order chi connectivity index (χ0) is 14.8. The van der Waals surface area contributed by atoms with Gasteiger partial charge in [-0.15, -0.1) is 0 Å². The Labute approximate surface area is 122 Å². The number of carbonyl (C=O) groups is 2. The molecule has 1 aromatic carbocycles. The Morgan fingerprint density at radius 2 is 2.24 bits per heavy atom. The molecule has 0 bridgehead atoms. The topological polar surface area (TPSA) is 78.9 Å². The predicted molar refractivity (Wildman–Crippen MR) is 76.7 cm³/mol. The average molecular weight is 290 g/mol. The molecule has 0 saturated heterocycles. The van der Waals surface area contributed by atoms with E-state index in [-0.39, 0.29) is 12.5 Å². The minimum Gasteiger partial charge on any atom is -0.491 e. The van der Waals surface area contributed by atoms with Gasteiger partial charge in [0.25, 0.3) is 5.91 Å². The predicted octanol–water partition coefficient (Wildman–Crippen LogP) is 1.43. The maximum atomic E-state index is 12.7. The molecule has 0 radical (unpaired) electrons. The van der Waals surface area contributed by atoms with Crippen LogP contribution >= 0.6 is 0 Å². The summed E-state index contributed by atoms with van der Waals surface area (Å²) >= 11 is 0. The van der Waals surface area contributed by atoms with E-state index in [2.05, 4.69) is 5.32 Å². The molecule has 6 nitrogen and oxygen atoms in total. The van der Waals surface area contributed by atoms with Crippen molar-refractivity contribution in [3.05, 3.63) is 23.8 Å². The molecule has 0 aromatic heterocycles. The van der Waals surface area contributed by atoms with Crippen molar-refractivity contribution in [3.63, 3.8) is 0 Å². The molecule has 1 saturated carbocycles. The summed E-state index contributed by atoms with van der Waals surface area (Å²) in [4.78, 5) is 25.3. The van der Waals surface area contributed by atoms with Gasteiger partial charge in [0, 0.05) is 6.54 Å². The number of hydrogen-bond acceptors (Lipinski definition) is 4. The number of rotatable bonds is 5. The van der Waals surface area contributed by atoms with Gasteiger partial charge in [-0.3, -0.25) is 9.59 Å². The Kier molecular flexibility index (Phi) is 3.68. The molecule has 1 amide bonds. The first-order valence-corrected chi connectivity index (χ1v) is 7.16. The third-order valence-electron chi connectivity index (χ3n) is 3.75. The number of amides is 1. The molecule has 1 fully saturated rings. The number of benzene rings is 1. The van der Waals surface area contributed by atoms with E-state index < -0.39 is 5.97 Å². The maximum Gasteiger partial charge on any atom is 0.322 e. The highest BCUT2D eigenvalue weighted by molar-refractivity contribution is 6.03. The first-order chi connectivity index (χ1) is 10.1. The van der Waals surface area contributed by atoms with Gasteiger partial charge in [0.2, 0.25) is 0 Å². The second kappa shape index (κ2) is 5.63. The van der Waals surface area contributed by atoms with Gasteiger partial charge in [-0.1, -0.05) is 6.07 Å². The lowest BCUT2D eigenvalue weighted by Crippen LogP contribution is -2.34. The molecule has 1 aromatic rings. The Morgan fingerprint density at radius 1 is 1.43 bits per heavy atom. The molecule has 3 rings (SSSR count). The standard InChI is InChI=1S/C15H18N2O4/c18-13(19)8-16-11-2-1-3-12-14(11)15(20)17(6-7-21-12)9-10-4-5-10/h1-3,10,16H,4-9H2,(H,18,19). The van der Waals surface area contributed by atoms with Crippen LogP contribution in [0.2, 0.25) is 0 Å². The highest BCUT2D eigenvalue weighted by Gasteiger charge is 2.31. The minimum atomic E-state index is -0.968. The maximum absolute atomic E-state index is 12.7. The number of nitrogens with one attached hydrogen (secondary N) is 1. The van der Waals surface area contributed by atoms with Gasteiger partial charge < -0.3 is 20.1 Å². The van der Waals surface area contributed by atoms with Crippen molar-refractivity contribution >= 4 is 17.6 Å². The molecule has 2 N–H and O–H groups in total. The Morgan fingerprint density at radius 3 is 2.95 bits per heavy atom. The van der Waals surface area contributed by atoms with Crippen molar-refractivity contribution < 1.29 is 19.4 Å². The van der Waals surface area contributed by atoms with E-state index in [1.54, 1.807) is 18.2 Å². The number of fused-ring (bicyclic) bond motifs is 1. The third kappa shape index (κ3) is 3.09. The van der Waals surface area contributed by atoms with Crippen molar-refractivity contribution in [1.29, 1.82) is 0 Å². The summed E-state index contributed by atoms with van der Waals surface area (Å²) in [7, 11) is 0. The van der Waals surface area contributed by atoms with E-state index in [9.17, 15) is 9.59 Å². The molecule has 1 heterocycles.